The summed E-state index contributed by atoms with van der Waals surface area (Å²) >= 11 is 0. The van der Waals surface area contributed by atoms with Crippen LogP contribution in [0.3, 0.4) is 0 Å². The zero-order valence-electron chi connectivity index (χ0n) is 8.21. The number of aromatic hydroxyl groups is 1. The van der Waals surface area contributed by atoms with E-state index in [0.717, 1.165) is 0 Å². The molecule has 15 heavy (non-hydrogen) atoms. The van der Waals surface area contributed by atoms with E-state index in [2.05, 4.69) is 4.98 Å². The van der Waals surface area contributed by atoms with Gasteiger partial charge < -0.3 is 20.1 Å². The molecule has 0 bridgehead atoms. The first-order valence-electron chi connectivity index (χ1n) is 4.41. The Hall–Kier alpha value is -2.17. The summed E-state index contributed by atoms with van der Waals surface area (Å²) in [5, 5.41) is 9.09. The van der Waals surface area contributed by atoms with Gasteiger partial charge in [0.25, 0.3) is 0 Å². The van der Waals surface area contributed by atoms with Crippen LogP contribution in [0.15, 0.2) is 30.5 Å². The molecule has 0 spiro atoms. The first-order chi connectivity index (χ1) is 7.15. The second kappa shape index (κ2) is 3.53. The van der Waals surface area contributed by atoms with E-state index in [4.69, 9.17) is 15.6 Å². The first kappa shape index (κ1) is 9.39. The molecule has 2 rings (SSSR count). The summed E-state index contributed by atoms with van der Waals surface area (Å²) in [4.78, 5) is 3.98. The highest BCUT2D eigenvalue weighted by Gasteiger charge is 2.04. The van der Waals surface area contributed by atoms with Gasteiger partial charge in [-0.3, -0.25) is 0 Å². The van der Waals surface area contributed by atoms with Crippen molar-refractivity contribution in [3.63, 3.8) is 0 Å². The molecule has 5 heteroatoms. The summed E-state index contributed by atoms with van der Waals surface area (Å²) in [5.41, 5.74) is 5.51. The van der Waals surface area contributed by atoms with Crippen LogP contribution >= 0.6 is 0 Å². The van der Waals surface area contributed by atoms with Gasteiger partial charge >= 0.3 is 6.01 Å². The number of nitrogens with zero attached hydrogens (tertiary/aromatic N) is 2. The van der Waals surface area contributed by atoms with Crippen LogP contribution in [-0.4, -0.2) is 14.7 Å². The van der Waals surface area contributed by atoms with E-state index in [-0.39, 0.29) is 5.75 Å². The standard InChI is InChI=1S/C10H11N3O2/c1-13-6-9(11)12-10(13)15-8-4-2-7(14)3-5-8/h2-6,14H,11H2,1H3. The fraction of sp³-hybridized carbons (Fsp3) is 0.100. The molecule has 0 aliphatic carbocycles. The summed E-state index contributed by atoms with van der Waals surface area (Å²) in [6.45, 7) is 0. The minimum Gasteiger partial charge on any atom is -0.508 e. The number of nitrogens with two attached hydrogens (primary N) is 1. The lowest BCUT2D eigenvalue weighted by molar-refractivity contribution is 0.422. The lowest BCUT2D eigenvalue weighted by atomic mass is 10.3. The van der Waals surface area contributed by atoms with Gasteiger partial charge in [-0.2, -0.15) is 4.98 Å². The number of imidazole rings is 1. The third-order valence-electron chi connectivity index (χ3n) is 1.90. The molecule has 0 atom stereocenters. The van der Waals surface area contributed by atoms with Gasteiger partial charge in [-0.05, 0) is 24.3 Å². The Labute approximate surface area is 86.7 Å². The van der Waals surface area contributed by atoms with Crippen molar-refractivity contribution in [1.82, 2.24) is 9.55 Å². The van der Waals surface area contributed by atoms with Gasteiger partial charge in [0.1, 0.15) is 17.3 Å². The molecular formula is C10H11N3O2. The van der Waals surface area contributed by atoms with Crippen molar-refractivity contribution in [3.8, 4) is 17.5 Å². The van der Waals surface area contributed by atoms with E-state index in [0.29, 0.717) is 17.6 Å². The molecule has 78 valence electrons. The van der Waals surface area contributed by atoms with E-state index in [1.54, 1.807) is 42.1 Å². The van der Waals surface area contributed by atoms with Crippen molar-refractivity contribution in [2.24, 2.45) is 7.05 Å². The molecule has 0 aliphatic rings. The van der Waals surface area contributed by atoms with Crippen molar-refractivity contribution in [2.75, 3.05) is 5.73 Å². The molecule has 1 heterocycles. The van der Waals surface area contributed by atoms with Gasteiger partial charge in [0.05, 0.1) is 6.20 Å². The molecule has 0 unspecified atom stereocenters. The van der Waals surface area contributed by atoms with Crippen LogP contribution < -0.4 is 10.5 Å². The lowest BCUT2D eigenvalue weighted by Gasteiger charge is -2.03. The quantitative estimate of drug-likeness (QED) is 0.779. The summed E-state index contributed by atoms with van der Waals surface area (Å²) in [7, 11) is 1.79. The highest BCUT2D eigenvalue weighted by atomic mass is 16.5. The van der Waals surface area contributed by atoms with Crippen LogP contribution in [0.25, 0.3) is 0 Å². The number of phenols is 1. The highest BCUT2D eigenvalue weighted by Crippen LogP contribution is 2.22. The number of phenolic OH excluding ortho intramolecular Hbond substituents is 1. The van der Waals surface area contributed by atoms with Crippen LogP contribution in [0.2, 0.25) is 0 Å². The van der Waals surface area contributed by atoms with Crippen LogP contribution in [0.1, 0.15) is 0 Å². The van der Waals surface area contributed by atoms with E-state index in [1.807, 2.05) is 0 Å². The van der Waals surface area contributed by atoms with Crippen molar-refractivity contribution in [3.05, 3.63) is 30.5 Å². The molecule has 0 saturated carbocycles. The zero-order valence-corrected chi connectivity index (χ0v) is 8.21. The summed E-state index contributed by atoms with van der Waals surface area (Å²) in [5.74, 6) is 1.20. The van der Waals surface area contributed by atoms with Gasteiger partial charge in [-0.15, -0.1) is 0 Å². The van der Waals surface area contributed by atoms with Crippen LogP contribution in [0.5, 0.6) is 17.5 Å². The number of nitrogen functional groups attached to an aromatic ring is 1. The smallest absolute Gasteiger partial charge is 0.303 e. The van der Waals surface area contributed by atoms with Crippen molar-refractivity contribution < 1.29 is 9.84 Å². The number of ether oxygens (including phenoxy) is 1. The first-order valence-corrected chi connectivity index (χ1v) is 4.41. The maximum Gasteiger partial charge on any atom is 0.303 e. The maximum absolute atomic E-state index is 9.09. The van der Waals surface area contributed by atoms with Gasteiger partial charge in [-0.25, -0.2) is 0 Å². The van der Waals surface area contributed by atoms with Crippen molar-refractivity contribution >= 4 is 5.82 Å². The molecule has 0 saturated heterocycles. The number of hydrogen-bond acceptors (Lipinski definition) is 4. The number of hydrogen-bond donors (Lipinski definition) is 2. The number of benzene rings is 1. The SMILES string of the molecule is Cn1cc(N)nc1Oc1ccc(O)cc1. The van der Waals surface area contributed by atoms with Gasteiger partial charge in [0, 0.05) is 7.05 Å². The Morgan fingerprint density at radius 1 is 1.33 bits per heavy atom. The molecule has 3 N–H and O–H groups in total. The Balaban J connectivity index is 2.21. The molecule has 5 nitrogen and oxygen atoms in total. The second-order valence-electron chi connectivity index (χ2n) is 3.16. The number of aromatic nitrogens is 2. The fourth-order valence-electron chi connectivity index (χ4n) is 1.19. The summed E-state index contributed by atoms with van der Waals surface area (Å²) in [6.07, 6.45) is 1.66. The average molecular weight is 205 g/mol. The maximum atomic E-state index is 9.09. The molecule has 2 aromatic rings. The van der Waals surface area contributed by atoms with E-state index in [1.165, 1.54) is 0 Å². The van der Waals surface area contributed by atoms with Crippen LogP contribution in [0.4, 0.5) is 5.82 Å². The third-order valence-corrected chi connectivity index (χ3v) is 1.90. The molecule has 1 aromatic carbocycles. The molecule has 0 fully saturated rings. The Morgan fingerprint density at radius 2 is 2.00 bits per heavy atom. The average Bonchev–Trinajstić information content (AvgIpc) is 2.49. The molecule has 1 aromatic heterocycles. The van der Waals surface area contributed by atoms with E-state index >= 15 is 0 Å². The molecule has 0 radical (unpaired) electrons. The molecule has 0 amide bonds. The third kappa shape index (κ3) is 2.01. The summed E-state index contributed by atoms with van der Waals surface area (Å²) < 4.78 is 7.13. The molecule has 0 aliphatic heterocycles. The predicted octanol–water partition coefficient (Wildman–Crippen LogP) is 1.50. The Bertz CT molecular complexity index is 462. The topological polar surface area (TPSA) is 73.3 Å². The second-order valence-corrected chi connectivity index (χ2v) is 3.16. The Kier molecular flexibility index (Phi) is 2.21. The van der Waals surface area contributed by atoms with Crippen molar-refractivity contribution in [2.45, 2.75) is 0 Å². The number of rotatable bonds is 2. The minimum absolute atomic E-state index is 0.196. The minimum atomic E-state index is 0.196. The zero-order chi connectivity index (χ0) is 10.8. The van der Waals surface area contributed by atoms with Crippen molar-refractivity contribution in [1.29, 1.82) is 0 Å². The predicted molar refractivity (Wildman–Crippen MR) is 55.8 cm³/mol. The molecular weight excluding hydrogens is 194 g/mol. The normalized spacial score (nSPS) is 10.2. The Morgan fingerprint density at radius 3 is 2.53 bits per heavy atom. The highest BCUT2D eigenvalue weighted by molar-refractivity contribution is 5.34. The number of anilines is 1. The summed E-state index contributed by atoms with van der Waals surface area (Å²) in [6, 6.07) is 6.81. The largest absolute Gasteiger partial charge is 0.508 e. The van der Waals surface area contributed by atoms with Gasteiger partial charge in [-0.1, -0.05) is 0 Å². The number of aryl methyl sites for hydroxylation is 1. The van der Waals surface area contributed by atoms with Crippen LogP contribution in [-0.2, 0) is 7.05 Å². The monoisotopic (exact) mass is 205 g/mol. The van der Waals surface area contributed by atoms with Gasteiger partial charge in [0.2, 0.25) is 0 Å². The lowest BCUT2D eigenvalue weighted by Crippen LogP contribution is -1.92. The van der Waals surface area contributed by atoms with E-state index < -0.39 is 0 Å². The van der Waals surface area contributed by atoms with E-state index in [9.17, 15) is 0 Å². The fourth-order valence-corrected chi connectivity index (χ4v) is 1.19. The van der Waals surface area contributed by atoms with Gasteiger partial charge in [0.15, 0.2) is 0 Å². The van der Waals surface area contributed by atoms with Crippen LogP contribution in [0, 0.1) is 0 Å².